The highest BCUT2D eigenvalue weighted by atomic mass is 35.5. The van der Waals surface area contributed by atoms with Crippen LogP contribution in [0.1, 0.15) is 69.3 Å². The first-order valence-corrected chi connectivity index (χ1v) is 17.1. The minimum absolute atomic E-state index is 0.209. The van der Waals surface area contributed by atoms with Crippen molar-refractivity contribution in [2.45, 2.75) is 71.3 Å². The second-order valence-electron chi connectivity index (χ2n) is 12.2. The molecule has 1 aliphatic carbocycles. The number of allylic oxidation sites excluding steroid dienone is 2. The predicted octanol–water partition coefficient (Wildman–Crippen LogP) is 8.24. The number of ether oxygens (including phenoxy) is 3. The minimum atomic E-state index is -0.209. The fraction of sp³-hybridized carbons (Fsp3) is 0.417. The molecule has 47 heavy (non-hydrogen) atoms. The van der Waals surface area contributed by atoms with E-state index in [0.29, 0.717) is 62.9 Å². The molecule has 1 aliphatic heterocycles. The third-order valence-corrected chi connectivity index (χ3v) is 9.44. The largest absolute Gasteiger partial charge is 0.618 e. The number of unbranched alkanes of at least 4 members (excludes halogenated alkanes) is 5. The molecule has 0 fully saturated rings. The van der Waals surface area contributed by atoms with E-state index in [1.54, 1.807) is 44.5 Å². The van der Waals surface area contributed by atoms with Gasteiger partial charge in [0.05, 0.1) is 54.1 Å². The number of rotatable bonds is 13. The van der Waals surface area contributed by atoms with Gasteiger partial charge in [-0.3, -0.25) is 9.36 Å². The van der Waals surface area contributed by atoms with Gasteiger partial charge < -0.3 is 24.0 Å². The summed E-state index contributed by atoms with van der Waals surface area (Å²) in [6, 6.07) is 10.5. The summed E-state index contributed by atoms with van der Waals surface area (Å²) >= 11 is 12.4. The summed E-state index contributed by atoms with van der Waals surface area (Å²) < 4.78 is 22.4. The van der Waals surface area contributed by atoms with Crippen LogP contribution in [0.15, 0.2) is 59.2 Å². The van der Waals surface area contributed by atoms with Crippen LogP contribution in [0.4, 0.5) is 0 Å². The number of nitrogens with zero attached hydrogens (tertiary/aromatic N) is 4. The van der Waals surface area contributed by atoms with Crippen LogP contribution in [0.2, 0.25) is 10.0 Å². The summed E-state index contributed by atoms with van der Waals surface area (Å²) in [5.74, 6) is 2.72. The Bertz CT molecular complexity index is 1880. The molecule has 3 heterocycles. The van der Waals surface area contributed by atoms with Crippen LogP contribution in [0.5, 0.6) is 17.2 Å². The Morgan fingerprint density at radius 3 is 2.55 bits per heavy atom. The standard InChI is InChI=1S/C36H40Cl2N4O5/c1-24-39-30-15-14-27(20-28(30)36(43)42(24)32-16-13-26(37)19-29(32)38)46-17-9-5-3-4-6-10-18-47-34-23-40-21-25-11-7-8-12-31(25)41(44)22-33(40)35(34)45-2/h12-16,19-20,22-23,25H,3-11,17-18,21H2,1-2H3/t25-/m0/s1. The summed E-state index contributed by atoms with van der Waals surface area (Å²) in [5, 5.41) is 14.1. The van der Waals surface area contributed by atoms with Crippen LogP contribution < -0.4 is 19.8 Å². The van der Waals surface area contributed by atoms with E-state index in [9.17, 15) is 10.0 Å². The lowest BCUT2D eigenvalue weighted by Crippen LogP contribution is -2.22. The molecule has 0 saturated carbocycles. The minimum Gasteiger partial charge on any atom is -0.618 e. The van der Waals surface area contributed by atoms with Gasteiger partial charge in [0, 0.05) is 11.6 Å². The smallest absolute Gasteiger partial charge is 0.266 e. The maximum Gasteiger partial charge on any atom is 0.266 e. The van der Waals surface area contributed by atoms with Gasteiger partial charge in [0.15, 0.2) is 22.9 Å². The number of fused-ring (bicyclic) bond motifs is 3. The van der Waals surface area contributed by atoms with Gasteiger partial charge >= 0.3 is 0 Å². The highest BCUT2D eigenvalue weighted by Gasteiger charge is 2.31. The zero-order valence-electron chi connectivity index (χ0n) is 26.8. The van der Waals surface area contributed by atoms with Gasteiger partial charge in [-0.1, -0.05) is 48.9 Å². The van der Waals surface area contributed by atoms with Gasteiger partial charge in [0.2, 0.25) is 6.21 Å². The van der Waals surface area contributed by atoms with Crippen LogP contribution in [0.3, 0.4) is 0 Å². The lowest BCUT2D eigenvalue weighted by molar-refractivity contribution is -0.406. The number of hydrogen-bond donors (Lipinski definition) is 0. The van der Waals surface area contributed by atoms with Crippen molar-refractivity contribution in [3.05, 3.63) is 91.5 Å². The molecule has 11 heteroatoms. The third-order valence-electron chi connectivity index (χ3n) is 8.91. The topological polar surface area (TPSA) is 93.6 Å². The molecular formula is C36H40Cl2N4O5. The predicted molar refractivity (Wildman–Crippen MR) is 186 cm³/mol. The van der Waals surface area contributed by atoms with Gasteiger partial charge in [-0.25, -0.2) is 4.98 Å². The summed E-state index contributed by atoms with van der Waals surface area (Å²) in [5.41, 5.74) is 2.57. The number of hydrogen-bond acceptors (Lipinski definition) is 6. The van der Waals surface area contributed by atoms with Crippen LogP contribution in [-0.2, 0) is 6.54 Å². The molecule has 4 aromatic rings. The number of aryl methyl sites for hydroxylation is 1. The number of benzene rings is 2. The van der Waals surface area contributed by atoms with Gasteiger partial charge in [-0.15, -0.1) is 0 Å². The van der Waals surface area contributed by atoms with Crippen LogP contribution >= 0.6 is 23.2 Å². The van der Waals surface area contributed by atoms with Crippen molar-refractivity contribution < 1.29 is 18.9 Å². The molecule has 0 radical (unpaired) electrons. The fourth-order valence-corrected chi connectivity index (χ4v) is 7.01. The van der Waals surface area contributed by atoms with E-state index in [1.165, 1.54) is 4.57 Å². The summed E-state index contributed by atoms with van der Waals surface area (Å²) in [4.78, 5) is 18.0. The lowest BCUT2D eigenvalue weighted by Gasteiger charge is -2.20. The third kappa shape index (κ3) is 7.31. The van der Waals surface area contributed by atoms with E-state index in [2.05, 4.69) is 15.6 Å². The van der Waals surface area contributed by atoms with E-state index in [0.717, 1.165) is 80.5 Å². The van der Waals surface area contributed by atoms with E-state index in [-0.39, 0.29) is 11.5 Å². The summed E-state index contributed by atoms with van der Waals surface area (Å²) in [6.45, 7) is 3.71. The van der Waals surface area contributed by atoms with Gasteiger partial charge in [0.1, 0.15) is 11.6 Å². The van der Waals surface area contributed by atoms with Crippen molar-refractivity contribution in [3.8, 4) is 22.9 Å². The SMILES string of the molecule is COc1c(OCCCCCCCCOc2ccc3nc(C)n(-c4ccc(Cl)cc4Cl)c(=O)c3c2)cn2c1C=[N+]([O-])C1=CCCC[C@H]1C2. The zero-order valence-corrected chi connectivity index (χ0v) is 28.4. The Morgan fingerprint density at radius 2 is 1.79 bits per heavy atom. The van der Waals surface area contributed by atoms with E-state index >= 15 is 0 Å². The average molecular weight is 680 g/mol. The molecule has 2 aromatic carbocycles. The molecule has 248 valence electrons. The van der Waals surface area contributed by atoms with Crippen molar-refractivity contribution >= 4 is 40.3 Å². The summed E-state index contributed by atoms with van der Waals surface area (Å²) in [7, 11) is 1.63. The van der Waals surface area contributed by atoms with Crippen molar-refractivity contribution in [1.82, 2.24) is 14.1 Å². The molecule has 0 spiro atoms. The lowest BCUT2D eigenvalue weighted by atomic mass is 9.92. The van der Waals surface area contributed by atoms with Crippen molar-refractivity contribution in [3.63, 3.8) is 0 Å². The Hall–Kier alpha value is -3.95. The molecule has 0 saturated heterocycles. The molecule has 9 nitrogen and oxygen atoms in total. The van der Waals surface area contributed by atoms with Crippen LogP contribution in [-0.4, -0.2) is 45.4 Å². The average Bonchev–Trinajstić information content (AvgIpc) is 3.30. The molecule has 1 atom stereocenters. The Labute approximate surface area is 284 Å². The van der Waals surface area contributed by atoms with Crippen molar-refractivity contribution in [2.75, 3.05) is 20.3 Å². The number of aromatic nitrogens is 3. The highest BCUT2D eigenvalue weighted by Crippen LogP contribution is 2.37. The summed E-state index contributed by atoms with van der Waals surface area (Å²) in [6.07, 6.45) is 15.0. The molecule has 0 bridgehead atoms. The Morgan fingerprint density at radius 1 is 1.02 bits per heavy atom. The van der Waals surface area contributed by atoms with E-state index < -0.39 is 0 Å². The quantitative estimate of drug-likeness (QED) is 0.0803. The number of halogens is 2. The number of hydroxylamine groups is 1. The van der Waals surface area contributed by atoms with Gasteiger partial charge in [-0.05, 0) is 81.5 Å². The first kappa shape index (κ1) is 33.0. The maximum absolute atomic E-state index is 13.4. The molecule has 0 N–H and O–H groups in total. The van der Waals surface area contributed by atoms with Crippen molar-refractivity contribution in [2.24, 2.45) is 5.92 Å². The molecule has 2 aliphatic rings. The normalized spacial score (nSPS) is 15.8. The zero-order chi connectivity index (χ0) is 32.9. The second kappa shape index (κ2) is 14.9. The van der Waals surface area contributed by atoms with Crippen molar-refractivity contribution in [1.29, 1.82) is 0 Å². The van der Waals surface area contributed by atoms with Gasteiger partial charge in [-0.2, -0.15) is 4.74 Å². The van der Waals surface area contributed by atoms with E-state index in [1.807, 2.05) is 18.3 Å². The number of methoxy groups -OCH3 is 1. The molecular weight excluding hydrogens is 639 g/mol. The second-order valence-corrected chi connectivity index (χ2v) is 13.0. The van der Waals surface area contributed by atoms with Gasteiger partial charge in [0.25, 0.3) is 5.56 Å². The Kier molecular flexibility index (Phi) is 10.4. The first-order valence-electron chi connectivity index (χ1n) is 16.4. The molecule has 6 rings (SSSR count). The molecule has 0 unspecified atom stereocenters. The van der Waals surface area contributed by atoms with E-state index in [4.69, 9.17) is 37.4 Å². The highest BCUT2D eigenvalue weighted by molar-refractivity contribution is 6.35. The fourth-order valence-electron chi connectivity index (χ4n) is 6.52. The molecule has 0 amide bonds. The maximum atomic E-state index is 13.4. The first-order chi connectivity index (χ1) is 22.8. The Balaban J connectivity index is 0.937. The monoisotopic (exact) mass is 678 g/mol. The molecule has 2 aromatic heterocycles. The van der Waals surface area contributed by atoms with Crippen LogP contribution in [0, 0.1) is 18.0 Å². The van der Waals surface area contributed by atoms with Crippen LogP contribution in [0.25, 0.3) is 16.6 Å².